The Bertz CT molecular complexity index is 1730. The van der Waals surface area contributed by atoms with Crippen molar-refractivity contribution >= 4 is 17.3 Å². The average Bonchev–Trinajstić information content (AvgIpc) is 3.10. The second-order valence-electron chi connectivity index (χ2n) is 11.7. The smallest absolute Gasteiger partial charge is 0.225 e. The number of pyridine rings is 1. The maximum absolute atomic E-state index is 15.7. The number of hydrogen-bond donors (Lipinski definition) is 0. The van der Waals surface area contributed by atoms with Crippen molar-refractivity contribution in [2.24, 2.45) is 5.92 Å². The summed E-state index contributed by atoms with van der Waals surface area (Å²) in [7, 11) is 1.64. The summed E-state index contributed by atoms with van der Waals surface area (Å²) in [5.41, 5.74) is 5.34. The maximum Gasteiger partial charge on any atom is 0.225 e. The van der Waals surface area contributed by atoms with E-state index in [-0.39, 0.29) is 5.82 Å². The Hall–Kier alpha value is -4.55. The number of rotatable bonds is 12. The van der Waals surface area contributed by atoms with E-state index in [1.807, 2.05) is 97.1 Å². The van der Waals surface area contributed by atoms with Crippen LogP contribution in [0.3, 0.4) is 0 Å². The monoisotopic (exact) mass is 636 g/mol. The molecule has 2 heterocycles. The molecular formula is C39H38ClFN2O3. The molecule has 4 aromatic carbocycles. The summed E-state index contributed by atoms with van der Waals surface area (Å²) >= 11 is 6.18. The number of nitrogens with zero attached hydrogens (tertiary/aromatic N) is 2. The van der Waals surface area contributed by atoms with Gasteiger partial charge in [-0.2, -0.15) is 4.98 Å². The van der Waals surface area contributed by atoms with Gasteiger partial charge < -0.3 is 19.1 Å². The molecule has 236 valence electrons. The summed E-state index contributed by atoms with van der Waals surface area (Å²) in [5.74, 6) is 1.92. The number of aryl methyl sites for hydroxylation is 1. The Balaban J connectivity index is 1.12. The Morgan fingerprint density at radius 3 is 2.15 bits per heavy atom. The number of methoxy groups -OCH3 is 1. The van der Waals surface area contributed by atoms with Crippen molar-refractivity contribution in [3.05, 3.63) is 137 Å². The van der Waals surface area contributed by atoms with Gasteiger partial charge in [0.05, 0.1) is 17.8 Å². The van der Waals surface area contributed by atoms with Gasteiger partial charge in [0.2, 0.25) is 11.8 Å². The number of halogens is 2. The van der Waals surface area contributed by atoms with Gasteiger partial charge in [0, 0.05) is 24.7 Å². The molecule has 1 saturated heterocycles. The number of piperidine rings is 1. The van der Waals surface area contributed by atoms with Crippen LogP contribution in [-0.2, 0) is 19.6 Å². The standard InChI is InChI=1S/C39H38ClFN2O3/c1-44-37-24-29(14-17-34(37)40)13-12-28-20-22-43(23-21-28)36-18-15-32(25-35(36)41)33-16-19-38(45-26-30-8-4-2-5-9-30)42-39(33)46-27-31-10-6-3-7-11-31/h2-11,14-19,24-25,28H,12-13,20-23,26-27H2,1H3. The molecule has 1 fully saturated rings. The van der Waals surface area contributed by atoms with Gasteiger partial charge in [-0.05, 0) is 84.2 Å². The van der Waals surface area contributed by atoms with Crippen LogP contribution in [0.25, 0.3) is 11.1 Å². The highest BCUT2D eigenvalue weighted by Crippen LogP contribution is 2.35. The zero-order chi connectivity index (χ0) is 31.7. The first-order chi connectivity index (χ1) is 22.6. The fourth-order valence-corrected chi connectivity index (χ4v) is 6.11. The van der Waals surface area contributed by atoms with Crippen LogP contribution in [0.15, 0.2) is 109 Å². The van der Waals surface area contributed by atoms with Gasteiger partial charge in [-0.3, -0.25) is 0 Å². The van der Waals surface area contributed by atoms with E-state index in [0.717, 1.165) is 49.9 Å². The molecule has 46 heavy (non-hydrogen) atoms. The molecule has 5 aromatic rings. The van der Waals surface area contributed by atoms with E-state index in [0.29, 0.717) is 58.5 Å². The van der Waals surface area contributed by atoms with Crippen LogP contribution < -0.4 is 19.1 Å². The molecule has 1 aliphatic rings. The first-order valence-corrected chi connectivity index (χ1v) is 16.2. The van der Waals surface area contributed by atoms with E-state index in [2.05, 4.69) is 11.0 Å². The van der Waals surface area contributed by atoms with E-state index in [1.165, 1.54) is 5.56 Å². The predicted octanol–water partition coefficient (Wildman–Crippen LogP) is 9.56. The van der Waals surface area contributed by atoms with Gasteiger partial charge in [0.1, 0.15) is 24.8 Å². The quantitative estimate of drug-likeness (QED) is 0.136. The van der Waals surface area contributed by atoms with Crippen LogP contribution in [0.5, 0.6) is 17.5 Å². The van der Waals surface area contributed by atoms with Crippen molar-refractivity contribution in [1.82, 2.24) is 4.98 Å². The Morgan fingerprint density at radius 2 is 1.48 bits per heavy atom. The summed E-state index contributed by atoms with van der Waals surface area (Å²) in [6, 6.07) is 35.0. The lowest BCUT2D eigenvalue weighted by Crippen LogP contribution is -2.34. The van der Waals surface area contributed by atoms with Crippen molar-refractivity contribution in [1.29, 1.82) is 0 Å². The first-order valence-electron chi connectivity index (χ1n) is 15.8. The molecule has 0 saturated carbocycles. The van der Waals surface area contributed by atoms with Gasteiger partial charge in [0.25, 0.3) is 0 Å². The molecule has 6 rings (SSSR count). The Labute approximate surface area is 275 Å². The lowest BCUT2D eigenvalue weighted by molar-refractivity contribution is 0.268. The summed E-state index contributed by atoms with van der Waals surface area (Å²) in [4.78, 5) is 6.85. The predicted molar refractivity (Wildman–Crippen MR) is 182 cm³/mol. The highest BCUT2D eigenvalue weighted by Gasteiger charge is 2.22. The van der Waals surface area contributed by atoms with Crippen LogP contribution >= 0.6 is 11.6 Å². The summed E-state index contributed by atoms with van der Waals surface area (Å²) in [5, 5.41) is 0.629. The van der Waals surface area contributed by atoms with Gasteiger partial charge in [-0.25, -0.2) is 4.39 Å². The van der Waals surface area contributed by atoms with Gasteiger partial charge in [0.15, 0.2) is 0 Å². The summed E-state index contributed by atoms with van der Waals surface area (Å²) in [6.07, 6.45) is 4.11. The van der Waals surface area contributed by atoms with E-state index >= 15 is 4.39 Å². The van der Waals surface area contributed by atoms with E-state index in [9.17, 15) is 0 Å². The van der Waals surface area contributed by atoms with Gasteiger partial charge in [-0.1, -0.05) is 84.4 Å². The first kappa shape index (κ1) is 31.4. The number of anilines is 1. The van der Waals surface area contributed by atoms with Crippen LogP contribution in [0.2, 0.25) is 5.02 Å². The maximum atomic E-state index is 15.7. The molecule has 0 aliphatic carbocycles. The molecule has 0 N–H and O–H groups in total. The van der Waals surface area contributed by atoms with E-state index < -0.39 is 0 Å². The number of aromatic nitrogens is 1. The molecule has 0 unspecified atom stereocenters. The molecule has 7 heteroatoms. The fraction of sp³-hybridized carbons (Fsp3) is 0.256. The molecule has 1 aliphatic heterocycles. The topological polar surface area (TPSA) is 43.8 Å². The van der Waals surface area contributed by atoms with Crippen molar-refractivity contribution in [3.63, 3.8) is 0 Å². The molecule has 5 nitrogen and oxygen atoms in total. The molecule has 0 atom stereocenters. The minimum atomic E-state index is -0.248. The fourth-order valence-electron chi connectivity index (χ4n) is 5.91. The zero-order valence-corrected chi connectivity index (χ0v) is 26.8. The minimum absolute atomic E-state index is 0.248. The largest absolute Gasteiger partial charge is 0.495 e. The minimum Gasteiger partial charge on any atom is -0.495 e. The average molecular weight is 637 g/mol. The van der Waals surface area contributed by atoms with E-state index in [4.69, 9.17) is 30.8 Å². The van der Waals surface area contributed by atoms with E-state index in [1.54, 1.807) is 13.2 Å². The van der Waals surface area contributed by atoms with Crippen molar-refractivity contribution in [3.8, 4) is 28.6 Å². The second kappa shape index (κ2) is 15.2. The van der Waals surface area contributed by atoms with Crippen LogP contribution in [0, 0.1) is 11.7 Å². The molecule has 0 bridgehead atoms. The third-order valence-corrected chi connectivity index (χ3v) is 8.87. The zero-order valence-electron chi connectivity index (χ0n) is 26.0. The van der Waals surface area contributed by atoms with Crippen molar-refractivity contribution < 1.29 is 18.6 Å². The molecule has 1 aromatic heterocycles. The Kier molecular flexibility index (Phi) is 10.4. The highest BCUT2D eigenvalue weighted by molar-refractivity contribution is 6.32. The SMILES string of the molecule is COc1cc(CCC2CCN(c3ccc(-c4ccc(OCc5ccccc5)nc4OCc4ccccc4)cc3F)CC2)ccc1Cl. The number of benzene rings is 4. The van der Waals surface area contributed by atoms with Crippen molar-refractivity contribution in [2.75, 3.05) is 25.1 Å². The Morgan fingerprint density at radius 1 is 0.783 bits per heavy atom. The highest BCUT2D eigenvalue weighted by atomic mass is 35.5. The van der Waals surface area contributed by atoms with Crippen LogP contribution in [0.1, 0.15) is 36.0 Å². The lowest BCUT2D eigenvalue weighted by Gasteiger charge is -2.34. The second-order valence-corrected chi connectivity index (χ2v) is 12.1. The molecular weight excluding hydrogens is 599 g/mol. The molecule has 0 spiro atoms. The summed E-state index contributed by atoms with van der Waals surface area (Å²) < 4.78 is 33.3. The van der Waals surface area contributed by atoms with Gasteiger partial charge in [-0.15, -0.1) is 0 Å². The number of ether oxygens (including phenoxy) is 3. The third-order valence-electron chi connectivity index (χ3n) is 8.55. The normalized spacial score (nSPS) is 13.4. The van der Waals surface area contributed by atoms with Crippen LogP contribution in [0.4, 0.5) is 10.1 Å². The van der Waals surface area contributed by atoms with Crippen LogP contribution in [-0.4, -0.2) is 25.2 Å². The summed E-state index contributed by atoms with van der Waals surface area (Å²) in [6.45, 7) is 2.38. The molecule has 0 radical (unpaired) electrons. The van der Waals surface area contributed by atoms with Crippen molar-refractivity contribution in [2.45, 2.75) is 38.9 Å². The lowest BCUT2D eigenvalue weighted by atomic mass is 9.90. The van der Waals surface area contributed by atoms with Gasteiger partial charge >= 0.3 is 0 Å². The molecule has 0 amide bonds. The third kappa shape index (κ3) is 7.99. The number of hydrogen-bond acceptors (Lipinski definition) is 5.